The van der Waals surface area contributed by atoms with Gasteiger partial charge in [-0.15, -0.1) is 0 Å². The highest BCUT2D eigenvalue weighted by molar-refractivity contribution is 6.51. The Balaban J connectivity index is 1.68. The lowest BCUT2D eigenvalue weighted by atomic mass is 9.88. The van der Waals surface area contributed by atoms with Crippen LogP contribution in [0, 0.1) is 0 Å². The zero-order valence-corrected chi connectivity index (χ0v) is 21.0. The van der Waals surface area contributed by atoms with Crippen LogP contribution in [-0.4, -0.2) is 29.9 Å². The molecule has 0 spiro atoms. The number of hydrogen-bond acceptors (Lipinski definition) is 5. The topological polar surface area (TPSA) is 83.9 Å². The van der Waals surface area contributed by atoms with Gasteiger partial charge in [-0.25, -0.2) is 4.79 Å². The normalized spacial score (nSPS) is 18.5. The van der Waals surface area contributed by atoms with Gasteiger partial charge in [-0.3, -0.25) is 14.5 Å². The van der Waals surface area contributed by atoms with Crippen molar-refractivity contribution in [2.24, 2.45) is 0 Å². The van der Waals surface area contributed by atoms with Crippen molar-refractivity contribution in [3.05, 3.63) is 106 Å². The predicted molar refractivity (Wildman–Crippen MR) is 141 cm³/mol. The van der Waals surface area contributed by atoms with Gasteiger partial charge < -0.3 is 9.84 Å². The lowest BCUT2D eigenvalue weighted by molar-refractivity contribution is -0.132. The lowest BCUT2D eigenvalue weighted by Crippen LogP contribution is -2.29. The maximum Gasteiger partial charge on any atom is 0.337 e. The fourth-order valence-corrected chi connectivity index (χ4v) is 5.29. The van der Waals surface area contributed by atoms with E-state index in [4.69, 9.17) is 4.74 Å². The zero-order chi connectivity index (χ0) is 26.1. The van der Waals surface area contributed by atoms with Crippen LogP contribution < -0.4 is 4.90 Å². The van der Waals surface area contributed by atoms with Gasteiger partial charge in [-0.05, 0) is 78.6 Å². The molecule has 1 saturated heterocycles. The summed E-state index contributed by atoms with van der Waals surface area (Å²) >= 11 is 0. The average molecular weight is 496 g/mol. The van der Waals surface area contributed by atoms with E-state index >= 15 is 0 Å². The molecule has 0 radical (unpaired) electrons. The fourth-order valence-electron chi connectivity index (χ4n) is 5.29. The first-order valence-corrected chi connectivity index (χ1v) is 12.6. The summed E-state index contributed by atoms with van der Waals surface area (Å²) in [5, 5.41) is 11.5. The Kier molecular flexibility index (Phi) is 6.66. The molecule has 1 aliphatic carbocycles. The number of aryl methyl sites for hydroxylation is 3. The summed E-state index contributed by atoms with van der Waals surface area (Å²) in [6, 6.07) is 19.0. The van der Waals surface area contributed by atoms with E-state index in [1.807, 2.05) is 42.5 Å². The van der Waals surface area contributed by atoms with E-state index in [0.29, 0.717) is 16.8 Å². The van der Waals surface area contributed by atoms with Gasteiger partial charge >= 0.3 is 5.97 Å². The first-order chi connectivity index (χ1) is 17.9. The molecule has 0 bridgehead atoms. The minimum Gasteiger partial charge on any atom is -0.507 e. The smallest absolute Gasteiger partial charge is 0.337 e. The van der Waals surface area contributed by atoms with Gasteiger partial charge in [-0.2, -0.15) is 0 Å². The summed E-state index contributed by atoms with van der Waals surface area (Å²) in [5.74, 6) is -2.26. The Hall–Kier alpha value is -4.19. The molecule has 1 amide bonds. The Labute approximate surface area is 216 Å². The molecular weight excluding hydrogens is 466 g/mol. The van der Waals surface area contributed by atoms with Crippen molar-refractivity contribution >= 4 is 29.1 Å². The molecule has 5 rings (SSSR count). The van der Waals surface area contributed by atoms with Crippen LogP contribution in [0.3, 0.4) is 0 Å². The number of methoxy groups -OCH3 is 1. The van der Waals surface area contributed by atoms with E-state index < -0.39 is 23.7 Å². The molecule has 0 aromatic heterocycles. The van der Waals surface area contributed by atoms with E-state index in [-0.39, 0.29) is 16.9 Å². The third-order valence-electron chi connectivity index (χ3n) is 7.32. The van der Waals surface area contributed by atoms with Crippen molar-refractivity contribution in [3.63, 3.8) is 0 Å². The molecule has 1 atom stereocenters. The molecule has 37 heavy (non-hydrogen) atoms. The van der Waals surface area contributed by atoms with Gasteiger partial charge in [-0.1, -0.05) is 49.4 Å². The summed E-state index contributed by atoms with van der Waals surface area (Å²) in [7, 11) is 1.29. The number of fused-ring (bicyclic) bond motifs is 1. The van der Waals surface area contributed by atoms with Crippen molar-refractivity contribution in [2.45, 2.75) is 45.1 Å². The summed E-state index contributed by atoms with van der Waals surface area (Å²) in [6.45, 7) is 2.05. The number of carbonyl (C=O) groups is 3. The van der Waals surface area contributed by atoms with Crippen LogP contribution in [-0.2, 0) is 33.6 Å². The van der Waals surface area contributed by atoms with Crippen LogP contribution in [0.15, 0.2) is 72.3 Å². The Bertz CT molecular complexity index is 1420. The molecule has 188 valence electrons. The first-order valence-electron chi connectivity index (χ1n) is 12.6. The minimum absolute atomic E-state index is 0.0356. The number of benzene rings is 3. The predicted octanol–water partition coefficient (Wildman–Crippen LogP) is 5.54. The van der Waals surface area contributed by atoms with Crippen molar-refractivity contribution in [2.75, 3.05) is 12.0 Å². The van der Waals surface area contributed by atoms with Crippen LogP contribution >= 0.6 is 0 Å². The number of ether oxygens (including phenoxy) is 1. The standard InChI is InChI=1S/C31H29NO5/c1-3-19-11-13-21(14-12-19)27-26(28(33)23-16-15-20-7-4-5-8-22(20)17-23)29(34)30(35)32(27)25-10-6-9-24(18-25)31(36)37-2/h6,9-18,27,33H,3-5,7-8H2,1-2H3/b28-26-. The van der Waals surface area contributed by atoms with Crippen LogP contribution in [0.5, 0.6) is 0 Å². The number of carbonyl (C=O) groups excluding carboxylic acids is 3. The first kappa shape index (κ1) is 24.5. The number of anilines is 1. The Morgan fingerprint density at radius 2 is 1.68 bits per heavy atom. The number of aliphatic hydroxyl groups excluding tert-OH is 1. The van der Waals surface area contributed by atoms with E-state index in [0.717, 1.165) is 37.7 Å². The van der Waals surface area contributed by atoms with Gasteiger partial charge in [0.15, 0.2) is 0 Å². The van der Waals surface area contributed by atoms with E-state index in [9.17, 15) is 19.5 Å². The van der Waals surface area contributed by atoms with Crippen LogP contribution in [0.25, 0.3) is 5.76 Å². The van der Waals surface area contributed by atoms with Gasteiger partial charge in [0.2, 0.25) is 0 Å². The molecule has 1 fully saturated rings. The van der Waals surface area contributed by atoms with E-state index in [1.54, 1.807) is 18.2 Å². The third kappa shape index (κ3) is 4.44. The maximum atomic E-state index is 13.5. The number of aliphatic hydroxyl groups is 1. The molecular formula is C31H29NO5. The van der Waals surface area contributed by atoms with Crippen molar-refractivity contribution in [1.29, 1.82) is 0 Å². The highest BCUT2D eigenvalue weighted by Gasteiger charge is 2.47. The highest BCUT2D eigenvalue weighted by Crippen LogP contribution is 2.42. The van der Waals surface area contributed by atoms with Gasteiger partial charge in [0.25, 0.3) is 11.7 Å². The van der Waals surface area contributed by atoms with Gasteiger partial charge in [0.05, 0.1) is 24.3 Å². The third-order valence-corrected chi connectivity index (χ3v) is 7.32. The number of rotatable bonds is 5. The Morgan fingerprint density at radius 3 is 2.38 bits per heavy atom. The second kappa shape index (κ2) is 10.1. The van der Waals surface area contributed by atoms with E-state index in [2.05, 4.69) is 6.92 Å². The SMILES string of the molecule is CCc1ccc(C2/C(=C(/O)c3ccc4c(c3)CCCC4)C(=O)C(=O)N2c2cccc(C(=O)OC)c2)cc1. The average Bonchev–Trinajstić information content (AvgIpc) is 3.21. The monoisotopic (exact) mass is 495 g/mol. The molecule has 1 unspecified atom stereocenters. The summed E-state index contributed by atoms with van der Waals surface area (Å²) in [5.41, 5.74) is 5.43. The van der Waals surface area contributed by atoms with Crippen molar-refractivity contribution in [3.8, 4) is 0 Å². The minimum atomic E-state index is -0.852. The molecule has 0 saturated carbocycles. The van der Waals surface area contributed by atoms with E-state index in [1.165, 1.54) is 29.2 Å². The number of nitrogens with zero attached hydrogens (tertiary/aromatic N) is 1. The molecule has 1 heterocycles. The van der Waals surface area contributed by atoms with Crippen LogP contribution in [0.1, 0.15) is 64.0 Å². The summed E-state index contributed by atoms with van der Waals surface area (Å²) < 4.78 is 4.84. The zero-order valence-electron chi connectivity index (χ0n) is 21.0. The second-order valence-electron chi connectivity index (χ2n) is 9.50. The van der Waals surface area contributed by atoms with Crippen molar-refractivity contribution < 1.29 is 24.2 Å². The molecule has 2 aliphatic rings. The fraction of sp³-hybridized carbons (Fsp3) is 0.258. The molecule has 1 aliphatic heterocycles. The van der Waals surface area contributed by atoms with Gasteiger partial charge in [0.1, 0.15) is 5.76 Å². The number of hydrogen-bond donors (Lipinski definition) is 1. The number of Topliss-reactive ketones (excluding diaryl/α,β-unsaturated/α-hetero) is 1. The lowest BCUT2D eigenvalue weighted by Gasteiger charge is -2.26. The second-order valence-corrected chi connectivity index (χ2v) is 9.50. The van der Waals surface area contributed by atoms with Crippen molar-refractivity contribution in [1.82, 2.24) is 0 Å². The van der Waals surface area contributed by atoms with Crippen LogP contribution in [0.2, 0.25) is 0 Å². The number of ketones is 1. The van der Waals surface area contributed by atoms with Gasteiger partial charge in [0, 0.05) is 11.3 Å². The van der Waals surface area contributed by atoms with Crippen LogP contribution in [0.4, 0.5) is 5.69 Å². The molecule has 3 aromatic rings. The summed E-state index contributed by atoms with van der Waals surface area (Å²) in [6.07, 6.45) is 4.99. The quantitative estimate of drug-likeness (QED) is 0.217. The Morgan fingerprint density at radius 1 is 0.946 bits per heavy atom. The number of amides is 1. The number of esters is 1. The molecule has 3 aromatic carbocycles. The molecule has 6 heteroatoms. The maximum absolute atomic E-state index is 13.5. The summed E-state index contributed by atoms with van der Waals surface area (Å²) in [4.78, 5) is 40.5. The molecule has 1 N–H and O–H groups in total. The molecule has 6 nitrogen and oxygen atoms in total. The largest absolute Gasteiger partial charge is 0.507 e. The highest BCUT2D eigenvalue weighted by atomic mass is 16.5.